The first-order valence-corrected chi connectivity index (χ1v) is 5.03. The van der Waals surface area contributed by atoms with Crippen LogP contribution in [-0.4, -0.2) is 47.4 Å². The first-order valence-electron chi connectivity index (χ1n) is 5.03. The van der Waals surface area contributed by atoms with Crippen molar-refractivity contribution in [3.8, 4) is 0 Å². The molecule has 1 unspecified atom stereocenters. The zero-order valence-electron chi connectivity index (χ0n) is 9.08. The van der Waals surface area contributed by atoms with Gasteiger partial charge in [-0.15, -0.1) is 0 Å². The topological polar surface area (TPSA) is 23.6 Å². The van der Waals surface area contributed by atoms with Crippen molar-refractivity contribution >= 4 is 5.91 Å². The van der Waals surface area contributed by atoms with E-state index in [0.29, 0.717) is 12.1 Å². The van der Waals surface area contributed by atoms with Crippen molar-refractivity contribution in [3.63, 3.8) is 0 Å². The summed E-state index contributed by atoms with van der Waals surface area (Å²) in [4.78, 5) is 15.6. The van der Waals surface area contributed by atoms with Crippen LogP contribution in [0.5, 0.6) is 0 Å². The first-order chi connectivity index (χ1) is 6.02. The fraction of sp³-hybridized carbons (Fsp3) is 0.900. The lowest BCUT2D eigenvalue weighted by molar-refractivity contribution is -0.133. The minimum Gasteiger partial charge on any atom is -0.338 e. The maximum atomic E-state index is 11.2. The average Bonchev–Trinajstić information content (AvgIpc) is 2.03. The predicted molar refractivity (Wildman–Crippen MR) is 53.6 cm³/mol. The van der Waals surface area contributed by atoms with E-state index in [4.69, 9.17) is 0 Å². The summed E-state index contributed by atoms with van der Waals surface area (Å²) in [6.45, 7) is 11.1. The van der Waals surface area contributed by atoms with Crippen molar-refractivity contribution in [2.24, 2.45) is 0 Å². The second kappa shape index (κ2) is 4.09. The second-order valence-corrected chi connectivity index (χ2v) is 4.15. The molecule has 0 aliphatic carbocycles. The Morgan fingerprint density at radius 2 is 2.00 bits per heavy atom. The van der Waals surface area contributed by atoms with Gasteiger partial charge in [0.25, 0.3) is 0 Å². The lowest BCUT2D eigenvalue weighted by atomic mass is 10.1. The molecular formula is C10H20N2O. The van der Waals surface area contributed by atoms with Crippen LogP contribution < -0.4 is 0 Å². The van der Waals surface area contributed by atoms with Crippen molar-refractivity contribution in [2.45, 2.75) is 39.8 Å². The average molecular weight is 184 g/mol. The molecule has 13 heavy (non-hydrogen) atoms. The number of hydrogen-bond acceptors (Lipinski definition) is 2. The molecule has 0 aromatic heterocycles. The number of rotatable bonds is 1. The zero-order chi connectivity index (χ0) is 10.0. The third kappa shape index (κ3) is 2.44. The van der Waals surface area contributed by atoms with Gasteiger partial charge in [-0.05, 0) is 20.8 Å². The normalized spacial score (nSPS) is 25.3. The molecule has 3 heteroatoms. The molecule has 0 N–H and O–H groups in total. The molecule has 3 nitrogen and oxygen atoms in total. The van der Waals surface area contributed by atoms with Crippen LogP contribution in [-0.2, 0) is 4.79 Å². The highest BCUT2D eigenvalue weighted by Gasteiger charge is 2.26. The molecule has 1 amide bonds. The lowest BCUT2D eigenvalue weighted by Gasteiger charge is -2.41. The zero-order valence-corrected chi connectivity index (χ0v) is 9.08. The molecule has 0 bridgehead atoms. The van der Waals surface area contributed by atoms with Crippen molar-refractivity contribution < 1.29 is 4.79 Å². The molecule has 1 atom stereocenters. The standard InChI is InChI=1S/C10H20N2O/c1-8(2)11-5-6-12(10(4)13)9(3)7-11/h8-9H,5-7H2,1-4H3. The summed E-state index contributed by atoms with van der Waals surface area (Å²) in [6.07, 6.45) is 0. The summed E-state index contributed by atoms with van der Waals surface area (Å²) in [7, 11) is 0. The van der Waals surface area contributed by atoms with Crippen LogP contribution in [0.1, 0.15) is 27.7 Å². The summed E-state index contributed by atoms with van der Waals surface area (Å²) in [5.41, 5.74) is 0. The minimum absolute atomic E-state index is 0.205. The van der Waals surface area contributed by atoms with Crippen LogP contribution in [0.4, 0.5) is 0 Å². The van der Waals surface area contributed by atoms with Crippen molar-refractivity contribution in [2.75, 3.05) is 19.6 Å². The first kappa shape index (κ1) is 10.5. The number of hydrogen-bond donors (Lipinski definition) is 0. The van der Waals surface area contributed by atoms with Gasteiger partial charge in [-0.2, -0.15) is 0 Å². The molecule has 0 radical (unpaired) electrons. The molecule has 1 heterocycles. The van der Waals surface area contributed by atoms with Gasteiger partial charge in [0.2, 0.25) is 5.91 Å². The summed E-state index contributed by atoms with van der Waals surface area (Å²) >= 11 is 0. The minimum atomic E-state index is 0.205. The number of carbonyl (C=O) groups excluding carboxylic acids is 1. The van der Waals surface area contributed by atoms with E-state index >= 15 is 0 Å². The van der Waals surface area contributed by atoms with Crippen LogP contribution in [0, 0.1) is 0 Å². The van der Waals surface area contributed by atoms with Gasteiger partial charge < -0.3 is 4.90 Å². The Kier molecular flexibility index (Phi) is 3.31. The molecule has 1 aliphatic heterocycles. The second-order valence-electron chi connectivity index (χ2n) is 4.15. The highest BCUT2D eigenvalue weighted by Crippen LogP contribution is 2.11. The quantitative estimate of drug-likeness (QED) is 0.605. The molecule has 0 aromatic carbocycles. The molecular weight excluding hydrogens is 164 g/mol. The van der Waals surface area contributed by atoms with Crippen LogP contribution in [0.25, 0.3) is 0 Å². The van der Waals surface area contributed by atoms with Gasteiger partial charge in [-0.25, -0.2) is 0 Å². The maximum absolute atomic E-state index is 11.2. The van der Waals surface area contributed by atoms with Gasteiger partial charge in [-0.1, -0.05) is 0 Å². The van der Waals surface area contributed by atoms with Crippen molar-refractivity contribution in [1.29, 1.82) is 0 Å². The SMILES string of the molecule is CC(=O)N1CCN(C(C)C)CC1C. The van der Waals surface area contributed by atoms with Crippen LogP contribution in [0.2, 0.25) is 0 Å². The Morgan fingerprint density at radius 1 is 1.38 bits per heavy atom. The Labute approximate surface area is 80.7 Å². The fourth-order valence-electron chi connectivity index (χ4n) is 1.92. The third-order valence-electron chi connectivity index (χ3n) is 2.79. The third-order valence-corrected chi connectivity index (χ3v) is 2.79. The maximum Gasteiger partial charge on any atom is 0.219 e. The molecule has 76 valence electrons. The van der Waals surface area contributed by atoms with E-state index in [9.17, 15) is 4.79 Å². The highest BCUT2D eigenvalue weighted by atomic mass is 16.2. The van der Waals surface area contributed by atoms with Gasteiger partial charge in [0.15, 0.2) is 0 Å². The lowest BCUT2D eigenvalue weighted by Crippen LogP contribution is -2.55. The highest BCUT2D eigenvalue weighted by molar-refractivity contribution is 5.73. The summed E-state index contributed by atoms with van der Waals surface area (Å²) in [6, 6.07) is 0.963. The molecule has 0 aromatic rings. The monoisotopic (exact) mass is 184 g/mol. The van der Waals surface area contributed by atoms with Crippen LogP contribution in [0.15, 0.2) is 0 Å². The van der Waals surface area contributed by atoms with E-state index in [1.54, 1.807) is 6.92 Å². The van der Waals surface area contributed by atoms with Gasteiger partial charge in [0.05, 0.1) is 0 Å². The molecule has 0 saturated carbocycles. The number of amides is 1. The van der Waals surface area contributed by atoms with E-state index in [1.165, 1.54) is 0 Å². The number of nitrogens with zero attached hydrogens (tertiary/aromatic N) is 2. The fourth-order valence-corrected chi connectivity index (χ4v) is 1.92. The predicted octanol–water partition coefficient (Wildman–Crippen LogP) is 0.947. The molecule has 1 rings (SSSR count). The number of carbonyl (C=O) groups is 1. The molecule has 1 aliphatic rings. The Bertz CT molecular complexity index is 191. The van der Waals surface area contributed by atoms with Crippen molar-refractivity contribution in [1.82, 2.24) is 9.80 Å². The van der Waals surface area contributed by atoms with E-state index < -0.39 is 0 Å². The van der Waals surface area contributed by atoms with Crippen molar-refractivity contribution in [3.05, 3.63) is 0 Å². The van der Waals surface area contributed by atoms with E-state index in [2.05, 4.69) is 25.7 Å². The Morgan fingerprint density at radius 3 is 2.38 bits per heavy atom. The van der Waals surface area contributed by atoms with E-state index in [0.717, 1.165) is 19.6 Å². The molecule has 1 fully saturated rings. The van der Waals surface area contributed by atoms with E-state index in [-0.39, 0.29) is 5.91 Å². The van der Waals surface area contributed by atoms with E-state index in [1.807, 2.05) is 4.90 Å². The largest absolute Gasteiger partial charge is 0.338 e. The van der Waals surface area contributed by atoms with Crippen LogP contribution in [0.3, 0.4) is 0 Å². The molecule has 0 spiro atoms. The summed E-state index contributed by atoms with van der Waals surface area (Å²) < 4.78 is 0. The smallest absolute Gasteiger partial charge is 0.219 e. The van der Waals surface area contributed by atoms with Gasteiger partial charge in [0, 0.05) is 38.6 Å². The van der Waals surface area contributed by atoms with Gasteiger partial charge in [0.1, 0.15) is 0 Å². The number of piperazine rings is 1. The van der Waals surface area contributed by atoms with Crippen LogP contribution >= 0.6 is 0 Å². The Hall–Kier alpha value is -0.570. The summed E-state index contributed by atoms with van der Waals surface area (Å²) in [5, 5.41) is 0. The summed E-state index contributed by atoms with van der Waals surface area (Å²) in [5.74, 6) is 0.205. The van der Waals surface area contributed by atoms with Gasteiger partial charge >= 0.3 is 0 Å². The molecule has 1 saturated heterocycles. The van der Waals surface area contributed by atoms with Gasteiger partial charge in [-0.3, -0.25) is 9.69 Å². The Balaban J connectivity index is 2.51.